The van der Waals surface area contributed by atoms with Gasteiger partial charge in [-0.25, -0.2) is 4.98 Å². The first kappa shape index (κ1) is 24.9. The lowest BCUT2D eigenvalue weighted by atomic mass is 9.95. The number of benzene rings is 3. The first-order valence-corrected chi connectivity index (χ1v) is 12.3. The van der Waals surface area contributed by atoms with Crippen LogP contribution in [0, 0.1) is 0 Å². The van der Waals surface area contributed by atoms with Crippen LogP contribution in [0.3, 0.4) is 0 Å². The lowest BCUT2D eigenvalue weighted by Crippen LogP contribution is -2.30. The maximum atomic E-state index is 13.5. The van der Waals surface area contributed by atoms with Gasteiger partial charge in [0.25, 0.3) is 5.78 Å². The van der Waals surface area contributed by atoms with Gasteiger partial charge in [0, 0.05) is 5.56 Å². The molecule has 2 N–H and O–H groups in total. The van der Waals surface area contributed by atoms with Gasteiger partial charge >= 0.3 is 5.91 Å². The number of fused-ring (bicyclic) bond motifs is 1. The van der Waals surface area contributed by atoms with Crippen molar-refractivity contribution >= 4 is 34.4 Å². The van der Waals surface area contributed by atoms with Gasteiger partial charge in [0.15, 0.2) is 11.5 Å². The number of ether oxygens (including phenoxy) is 3. The molecular weight excluding hydrogens is 486 g/mol. The lowest BCUT2D eigenvalue weighted by molar-refractivity contribution is -0.132. The molecule has 0 saturated carbocycles. The standard InChI is InChI=1S/C29H27N3O6/c1-4-37-19-10-8-9-18(15-19)26(33)24-25(17-13-14-22(36-3)23(16-17)38-5-2)32(28(35)27(24)34)29-30-20-11-6-7-12-21(20)31-29/h6-16,25,33H,4-5H2,1-3H3,(H,30,31)/b26-24+. The highest BCUT2D eigenvalue weighted by molar-refractivity contribution is 6.51. The van der Waals surface area contributed by atoms with Crippen LogP contribution in [0.2, 0.25) is 0 Å². The van der Waals surface area contributed by atoms with Crippen molar-refractivity contribution in [3.05, 3.63) is 83.4 Å². The Labute approximate surface area is 219 Å². The van der Waals surface area contributed by atoms with Gasteiger partial charge in [-0.3, -0.25) is 14.5 Å². The van der Waals surface area contributed by atoms with Crippen molar-refractivity contribution in [2.24, 2.45) is 0 Å². The molecule has 9 nitrogen and oxygen atoms in total. The number of carbonyl (C=O) groups excluding carboxylic acids is 2. The second-order valence-corrected chi connectivity index (χ2v) is 8.55. The highest BCUT2D eigenvalue weighted by Crippen LogP contribution is 2.44. The van der Waals surface area contributed by atoms with E-state index in [0.29, 0.717) is 52.6 Å². The number of aliphatic hydroxyl groups excluding tert-OH is 1. The Morgan fingerprint density at radius 2 is 1.76 bits per heavy atom. The zero-order chi connectivity index (χ0) is 26.8. The third kappa shape index (κ3) is 4.32. The number of H-pyrrole nitrogens is 1. The summed E-state index contributed by atoms with van der Waals surface area (Å²) < 4.78 is 16.8. The molecule has 1 aromatic heterocycles. The molecule has 4 aromatic rings. The number of nitrogens with one attached hydrogen (secondary N) is 1. The topological polar surface area (TPSA) is 114 Å². The molecule has 2 heterocycles. The summed E-state index contributed by atoms with van der Waals surface area (Å²) in [5.41, 5.74) is 2.16. The molecule has 1 amide bonds. The normalized spacial score (nSPS) is 16.7. The minimum Gasteiger partial charge on any atom is -0.507 e. The number of imidazole rings is 1. The number of methoxy groups -OCH3 is 1. The number of amides is 1. The number of hydrogen-bond donors (Lipinski definition) is 2. The van der Waals surface area contributed by atoms with Gasteiger partial charge in [-0.2, -0.15) is 0 Å². The summed E-state index contributed by atoms with van der Waals surface area (Å²) in [5.74, 6) is -0.296. The van der Waals surface area contributed by atoms with Gasteiger partial charge in [-0.05, 0) is 55.8 Å². The Morgan fingerprint density at radius 1 is 0.974 bits per heavy atom. The molecule has 38 heavy (non-hydrogen) atoms. The Morgan fingerprint density at radius 3 is 2.50 bits per heavy atom. The van der Waals surface area contributed by atoms with Gasteiger partial charge in [0.1, 0.15) is 11.5 Å². The molecule has 1 unspecified atom stereocenters. The quantitative estimate of drug-likeness (QED) is 0.194. The fourth-order valence-electron chi connectivity index (χ4n) is 4.61. The molecule has 1 aliphatic heterocycles. The van der Waals surface area contributed by atoms with Crippen molar-refractivity contribution < 1.29 is 28.9 Å². The van der Waals surface area contributed by atoms with E-state index in [0.717, 1.165) is 0 Å². The molecule has 1 atom stereocenters. The van der Waals surface area contributed by atoms with Crippen LogP contribution in [0.5, 0.6) is 17.2 Å². The minimum atomic E-state index is -0.989. The molecule has 194 valence electrons. The number of hydrogen-bond acceptors (Lipinski definition) is 7. The number of anilines is 1. The van der Waals surface area contributed by atoms with E-state index in [-0.39, 0.29) is 17.3 Å². The third-order valence-electron chi connectivity index (χ3n) is 6.27. The molecule has 0 bridgehead atoms. The van der Waals surface area contributed by atoms with Crippen LogP contribution in [0.4, 0.5) is 5.95 Å². The van der Waals surface area contributed by atoms with Crippen molar-refractivity contribution in [1.29, 1.82) is 0 Å². The molecule has 0 radical (unpaired) electrons. The van der Waals surface area contributed by atoms with Crippen molar-refractivity contribution in [2.45, 2.75) is 19.9 Å². The largest absolute Gasteiger partial charge is 0.507 e. The molecule has 3 aromatic carbocycles. The number of Topliss-reactive ketones (excluding diaryl/α,β-unsaturated/α-hetero) is 1. The summed E-state index contributed by atoms with van der Waals surface area (Å²) in [4.78, 5) is 36.0. The number of para-hydroxylation sites is 2. The van der Waals surface area contributed by atoms with Crippen LogP contribution < -0.4 is 19.1 Å². The van der Waals surface area contributed by atoms with Crippen molar-refractivity contribution in [3.8, 4) is 17.2 Å². The van der Waals surface area contributed by atoms with E-state index in [4.69, 9.17) is 14.2 Å². The van der Waals surface area contributed by atoms with E-state index < -0.39 is 17.7 Å². The fourth-order valence-corrected chi connectivity index (χ4v) is 4.61. The Kier molecular flexibility index (Phi) is 6.74. The van der Waals surface area contributed by atoms with Crippen LogP contribution in [0.25, 0.3) is 16.8 Å². The molecule has 0 spiro atoms. The number of ketones is 1. The van der Waals surface area contributed by atoms with E-state index >= 15 is 0 Å². The Balaban J connectivity index is 1.73. The van der Waals surface area contributed by atoms with E-state index in [2.05, 4.69) is 9.97 Å². The van der Waals surface area contributed by atoms with Crippen LogP contribution in [0.15, 0.2) is 72.3 Å². The maximum absolute atomic E-state index is 13.5. The number of aliphatic hydroxyl groups is 1. The SMILES string of the molecule is CCOc1cccc(/C(O)=C2\C(=O)C(=O)N(c3nc4ccccc4[nH]3)C2c2ccc(OC)c(OCC)c2)c1. The van der Waals surface area contributed by atoms with Crippen molar-refractivity contribution in [1.82, 2.24) is 9.97 Å². The minimum absolute atomic E-state index is 0.0725. The lowest BCUT2D eigenvalue weighted by Gasteiger charge is -2.24. The predicted octanol–water partition coefficient (Wildman–Crippen LogP) is 5.00. The summed E-state index contributed by atoms with van der Waals surface area (Å²) in [7, 11) is 1.53. The molecule has 5 rings (SSSR count). The van der Waals surface area contributed by atoms with Gasteiger partial charge in [-0.1, -0.05) is 30.3 Å². The summed E-state index contributed by atoms with van der Waals surface area (Å²) in [5, 5.41) is 11.4. The van der Waals surface area contributed by atoms with Gasteiger partial charge < -0.3 is 24.3 Å². The van der Waals surface area contributed by atoms with Crippen LogP contribution >= 0.6 is 0 Å². The molecule has 1 saturated heterocycles. The first-order chi connectivity index (χ1) is 18.5. The number of carbonyl (C=O) groups is 2. The van der Waals surface area contributed by atoms with Gasteiger partial charge in [0.05, 0.1) is 43.0 Å². The van der Waals surface area contributed by atoms with Crippen LogP contribution in [-0.4, -0.2) is 47.1 Å². The van der Waals surface area contributed by atoms with Crippen LogP contribution in [-0.2, 0) is 9.59 Å². The second-order valence-electron chi connectivity index (χ2n) is 8.55. The molecule has 1 aliphatic rings. The highest BCUT2D eigenvalue weighted by Gasteiger charge is 2.48. The van der Waals surface area contributed by atoms with Crippen molar-refractivity contribution in [3.63, 3.8) is 0 Å². The summed E-state index contributed by atoms with van der Waals surface area (Å²) in [6.45, 7) is 4.52. The van der Waals surface area contributed by atoms with Gasteiger partial charge in [-0.15, -0.1) is 0 Å². The molecular formula is C29H27N3O6. The summed E-state index contributed by atoms with van der Waals surface area (Å²) in [6, 6.07) is 18.2. The second kappa shape index (κ2) is 10.3. The number of rotatable bonds is 8. The average molecular weight is 514 g/mol. The average Bonchev–Trinajstić information content (AvgIpc) is 3.47. The van der Waals surface area contributed by atoms with Crippen molar-refractivity contribution in [2.75, 3.05) is 25.2 Å². The monoisotopic (exact) mass is 513 g/mol. The molecule has 9 heteroatoms. The van der Waals surface area contributed by atoms with E-state index in [1.54, 1.807) is 48.5 Å². The zero-order valence-electron chi connectivity index (χ0n) is 21.2. The highest BCUT2D eigenvalue weighted by atomic mass is 16.5. The van der Waals surface area contributed by atoms with Crippen LogP contribution in [0.1, 0.15) is 31.0 Å². The van der Waals surface area contributed by atoms with Gasteiger partial charge in [0.2, 0.25) is 5.95 Å². The summed E-state index contributed by atoms with van der Waals surface area (Å²) >= 11 is 0. The van der Waals surface area contributed by atoms with E-state index in [1.807, 2.05) is 32.0 Å². The smallest absolute Gasteiger partial charge is 0.302 e. The fraction of sp³-hybridized carbons (Fsp3) is 0.207. The third-order valence-corrected chi connectivity index (χ3v) is 6.27. The number of aromatic amines is 1. The molecule has 1 fully saturated rings. The maximum Gasteiger partial charge on any atom is 0.302 e. The number of aromatic nitrogens is 2. The molecule has 0 aliphatic carbocycles. The predicted molar refractivity (Wildman–Crippen MR) is 143 cm³/mol. The van der Waals surface area contributed by atoms with E-state index in [1.165, 1.54) is 12.0 Å². The number of nitrogens with zero attached hydrogens (tertiary/aromatic N) is 2. The summed E-state index contributed by atoms with van der Waals surface area (Å²) in [6.07, 6.45) is 0. The zero-order valence-corrected chi connectivity index (χ0v) is 21.2. The van der Waals surface area contributed by atoms with E-state index in [9.17, 15) is 14.7 Å². The Hall–Kier alpha value is -4.79. The Bertz CT molecular complexity index is 1520. The first-order valence-electron chi connectivity index (χ1n) is 12.3.